The number of likely N-dealkylation sites (N-methyl/N-ethyl adjacent to an activating group) is 1. The van der Waals surface area contributed by atoms with Gasteiger partial charge in [0.05, 0.1) is 6.42 Å². The van der Waals surface area contributed by atoms with Crippen LogP contribution < -0.4 is 5.73 Å². The van der Waals surface area contributed by atoms with E-state index >= 15 is 0 Å². The molecule has 0 aliphatic rings. The van der Waals surface area contributed by atoms with Crippen molar-refractivity contribution in [2.75, 3.05) is 7.05 Å². The molecule has 0 aliphatic carbocycles. The number of hydrogen-bond acceptors (Lipinski definition) is 2. The molecular formula is C17H19ClN2O. The zero-order chi connectivity index (χ0) is 15.2. The molecular weight excluding hydrogens is 284 g/mol. The molecule has 0 heterocycles. The Morgan fingerprint density at radius 3 is 2.52 bits per heavy atom. The largest absolute Gasteiger partial charge is 0.341 e. The molecule has 4 heteroatoms. The number of benzene rings is 2. The van der Waals surface area contributed by atoms with Crippen LogP contribution in [0.25, 0.3) is 0 Å². The molecule has 2 aromatic rings. The van der Waals surface area contributed by atoms with Gasteiger partial charge in [-0.3, -0.25) is 4.79 Å². The summed E-state index contributed by atoms with van der Waals surface area (Å²) < 4.78 is 0. The number of carbonyl (C=O) groups is 1. The van der Waals surface area contributed by atoms with Gasteiger partial charge in [0.1, 0.15) is 0 Å². The van der Waals surface area contributed by atoms with Crippen molar-refractivity contribution in [3.8, 4) is 0 Å². The molecule has 110 valence electrons. The van der Waals surface area contributed by atoms with Gasteiger partial charge in [0.15, 0.2) is 0 Å². The van der Waals surface area contributed by atoms with Crippen molar-refractivity contribution in [3.05, 3.63) is 70.2 Å². The van der Waals surface area contributed by atoms with Crippen LogP contribution in [0.5, 0.6) is 0 Å². The van der Waals surface area contributed by atoms with Crippen molar-refractivity contribution in [3.63, 3.8) is 0 Å². The van der Waals surface area contributed by atoms with Crippen LogP contribution in [0.4, 0.5) is 0 Å². The van der Waals surface area contributed by atoms with Crippen LogP contribution >= 0.6 is 11.6 Å². The zero-order valence-corrected chi connectivity index (χ0v) is 12.8. The topological polar surface area (TPSA) is 46.3 Å². The number of nitrogens with two attached hydrogens (primary N) is 1. The van der Waals surface area contributed by atoms with E-state index in [0.717, 1.165) is 16.7 Å². The summed E-state index contributed by atoms with van der Waals surface area (Å²) in [5, 5.41) is 0.682. The van der Waals surface area contributed by atoms with Crippen LogP contribution in [0.15, 0.2) is 48.5 Å². The average Bonchev–Trinajstić information content (AvgIpc) is 2.47. The summed E-state index contributed by atoms with van der Waals surface area (Å²) in [6.07, 6.45) is 0.366. The fourth-order valence-corrected chi connectivity index (χ4v) is 2.44. The third-order valence-electron chi connectivity index (χ3n) is 3.41. The normalized spacial score (nSPS) is 10.4. The van der Waals surface area contributed by atoms with Gasteiger partial charge in [-0.15, -0.1) is 0 Å². The lowest BCUT2D eigenvalue weighted by molar-refractivity contribution is -0.129. The van der Waals surface area contributed by atoms with Crippen molar-refractivity contribution in [1.82, 2.24) is 4.90 Å². The third-order valence-corrected chi connectivity index (χ3v) is 3.65. The number of nitrogens with zero attached hydrogens (tertiary/aromatic N) is 1. The SMILES string of the molecule is CN(Cc1cccc(Cl)c1)C(=O)Cc1ccccc1CN. The molecule has 3 nitrogen and oxygen atoms in total. The van der Waals surface area contributed by atoms with E-state index in [1.807, 2.05) is 48.5 Å². The minimum Gasteiger partial charge on any atom is -0.341 e. The summed E-state index contributed by atoms with van der Waals surface area (Å²) in [6.45, 7) is 0.992. The molecule has 2 aromatic carbocycles. The average molecular weight is 303 g/mol. The van der Waals surface area contributed by atoms with Gasteiger partial charge in [-0.2, -0.15) is 0 Å². The molecule has 0 saturated heterocycles. The number of amides is 1. The molecule has 0 saturated carbocycles. The molecule has 0 spiro atoms. The summed E-state index contributed by atoms with van der Waals surface area (Å²) >= 11 is 5.96. The quantitative estimate of drug-likeness (QED) is 0.923. The Kier molecular flexibility index (Phi) is 5.37. The van der Waals surface area contributed by atoms with Crippen molar-refractivity contribution < 1.29 is 4.79 Å². The lowest BCUT2D eigenvalue weighted by atomic mass is 10.0. The molecule has 0 aliphatic heterocycles. The molecule has 2 N–H and O–H groups in total. The molecule has 0 unspecified atom stereocenters. The highest BCUT2D eigenvalue weighted by Crippen LogP contribution is 2.14. The van der Waals surface area contributed by atoms with Crippen LogP contribution in [0, 0.1) is 0 Å². The van der Waals surface area contributed by atoms with Crippen LogP contribution in [0.3, 0.4) is 0 Å². The zero-order valence-electron chi connectivity index (χ0n) is 12.1. The molecule has 0 atom stereocenters. The molecule has 0 radical (unpaired) electrons. The van der Waals surface area contributed by atoms with Crippen LogP contribution in [0.1, 0.15) is 16.7 Å². The van der Waals surface area contributed by atoms with E-state index in [4.69, 9.17) is 17.3 Å². The number of halogens is 1. The molecule has 1 amide bonds. The van der Waals surface area contributed by atoms with Gasteiger partial charge in [0.25, 0.3) is 0 Å². The summed E-state index contributed by atoms with van der Waals surface area (Å²) in [4.78, 5) is 14.0. The number of rotatable bonds is 5. The highest BCUT2D eigenvalue weighted by Gasteiger charge is 2.12. The maximum absolute atomic E-state index is 12.3. The molecule has 21 heavy (non-hydrogen) atoms. The number of hydrogen-bond donors (Lipinski definition) is 1. The second-order valence-corrected chi connectivity index (χ2v) is 5.47. The highest BCUT2D eigenvalue weighted by atomic mass is 35.5. The maximum atomic E-state index is 12.3. The first-order valence-corrected chi connectivity index (χ1v) is 7.23. The molecule has 0 aromatic heterocycles. The van der Waals surface area contributed by atoms with Gasteiger partial charge in [0.2, 0.25) is 5.91 Å². The van der Waals surface area contributed by atoms with Gasteiger partial charge < -0.3 is 10.6 Å². The minimum absolute atomic E-state index is 0.0656. The molecule has 0 fully saturated rings. The first-order chi connectivity index (χ1) is 10.1. The smallest absolute Gasteiger partial charge is 0.227 e. The summed E-state index contributed by atoms with van der Waals surface area (Å²) in [6, 6.07) is 15.3. The predicted octanol–water partition coefficient (Wildman–Crippen LogP) is 3.00. The van der Waals surface area contributed by atoms with Gasteiger partial charge in [0, 0.05) is 25.2 Å². The predicted molar refractivity (Wildman–Crippen MR) is 86.0 cm³/mol. The summed E-state index contributed by atoms with van der Waals surface area (Å²) in [5.41, 5.74) is 8.73. The second-order valence-electron chi connectivity index (χ2n) is 5.03. The van der Waals surface area contributed by atoms with Crippen molar-refractivity contribution in [1.29, 1.82) is 0 Å². The fraction of sp³-hybridized carbons (Fsp3) is 0.235. The van der Waals surface area contributed by atoms with Crippen LogP contribution in [0.2, 0.25) is 5.02 Å². The van der Waals surface area contributed by atoms with E-state index in [1.165, 1.54) is 0 Å². The first-order valence-electron chi connectivity index (χ1n) is 6.85. The van der Waals surface area contributed by atoms with E-state index in [9.17, 15) is 4.79 Å². The fourth-order valence-electron chi connectivity index (χ4n) is 2.22. The first kappa shape index (κ1) is 15.5. The standard InChI is InChI=1S/C17H19ClN2O/c1-20(12-13-5-4-8-16(18)9-13)17(21)10-14-6-2-3-7-15(14)11-19/h2-9H,10-12,19H2,1H3. The van der Waals surface area contributed by atoms with Crippen molar-refractivity contribution in [2.24, 2.45) is 5.73 Å². The minimum atomic E-state index is 0.0656. The maximum Gasteiger partial charge on any atom is 0.227 e. The lowest BCUT2D eigenvalue weighted by Gasteiger charge is -2.18. The van der Waals surface area contributed by atoms with Crippen LogP contribution in [-0.2, 0) is 24.3 Å². The van der Waals surface area contributed by atoms with Crippen molar-refractivity contribution >= 4 is 17.5 Å². The Bertz CT molecular complexity index is 628. The highest BCUT2D eigenvalue weighted by molar-refractivity contribution is 6.30. The van der Waals surface area contributed by atoms with Crippen molar-refractivity contribution in [2.45, 2.75) is 19.5 Å². The van der Waals surface area contributed by atoms with E-state index in [0.29, 0.717) is 24.5 Å². The molecule has 2 rings (SSSR count). The second kappa shape index (κ2) is 7.25. The van der Waals surface area contributed by atoms with E-state index in [1.54, 1.807) is 11.9 Å². The Morgan fingerprint density at radius 1 is 1.14 bits per heavy atom. The van der Waals surface area contributed by atoms with Gasteiger partial charge in [-0.25, -0.2) is 0 Å². The van der Waals surface area contributed by atoms with E-state index < -0.39 is 0 Å². The summed E-state index contributed by atoms with van der Waals surface area (Å²) in [7, 11) is 1.80. The van der Waals surface area contributed by atoms with E-state index in [-0.39, 0.29) is 5.91 Å². The van der Waals surface area contributed by atoms with Gasteiger partial charge in [-0.1, -0.05) is 48.0 Å². The molecule has 0 bridgehead atoms. The third kappa shape index (κ3) is 4.31. The van der Waals surface area contributed by atoms with Crippen LogP contribution in [-0.4, -0.2) is 17.9 Å². The monoisotopic (exact) mass is 302 g/mol. The van der Waals surface area contributed by atoms with Gasteiger partial charge >= 0.3 is 0 Å². The van der Waals surface area contributed by atoms with E-state index in [2.05, 4.69) is 0 Å². The van der Waals surface area contributed by atoms with Gasteiger partial charge in [-0.05, 0) is 28.8 Å². The number of carbonyl (C=O) groups excluding carboxylic acids is 1. The Hall–Kier alpha value is -1.84. The summed E-state index contributed by atoms with van der Waals surface area (Å²) in [5.74, 6) is 0.0656. The lowest BCUT2D eigenvalue weighted by Crippen LogP contribution is -2.28. The Balaban J connectivity index is 2.02. The Labute approximate surface area is 130 Å². The Morgan fingerprint density at radius 2 is 1.86 bits per heavy atom.